The van der Waals surface area contributed by atoms with E-state index in [9.17, 15) is 19.7 Å². The van der Waals surface area contributed by atoms with Crippen molar-refractivity contribution < 1.29 is 19.2 Å². The van der Waals surface area contributed by atoms with E-state index in [1.54, 1.807) is 12.1 Å². The van der Waals surface area contributed by atoms with E-state index in [4.69, 9.17) is 4.74 Å². The smallest absolute Gasteiger partial charge is 0.375 e. The first kappa shape index (κ1) is 15.4. The van der Waals surface area contributed by atoms with Crippen LogP contribution in [0.2, 0.25) is 0 Å². The van der Waals surface area contributed by atoms with Crippen LogP contribution in [0, 0.1) is 10.1 Å². The summed E-state index contributed by atoms with van der Waals surface area (Å²) in [5.74, 6) is -1.60. The van der Waals surface area contributed by atoms with E-state index in [1.165, 1.54) is 24.3 Å². The lowest BCUT2D eigenvalue weighted by atomic mass is 10.1. The van der Waals surface area contributed by atoms with Gasteiger partial charge in [-0.1, -0.05) is 42.5 Å². The minimum absolute atomic E-state index is 0.0334. The quantitative estimate of drug-likeness (QED) is 0.354. The summed E-state index contributed by atoms with van der Waals surface area (Å²) in [4.78, 5) is 33.4. The standard InChI is InChI=1S/C16H13NO5/c18-15(10-12-6-8-14(9-7-12)17(20)21)16(19)22-11-13-4-2-1-3-5-13/h1-9H,10-11H2. The SMILES string of the molecule is O=C(Cc1ccc([N+](=O)[O-])cc1)C(=O)OCc1ccccc1. The fourth-order valence-electron chi connectivity index (χ4n) is 1.80. The van der Waals surface area contributed by atoms with Crippen LogP contribution in [0.5, 0.6) is 0 Å². The maximum Gasteiger partial charge on any atom is 0.375 e. The number of ketones is 1. The van der Waals surface area contributed by atoms with E-state index < -0.39 is 16.7 Å². The number of nitro groups is 1. The highest BCUT2D eigenvalue weighted by Gasteiger charge is 2.16. The summed E-state index contributed by atoms with van der Waals surface area (Å²) in [5, 5.41) is 10.5. The predicted octanol–water partition coefficient (Wildman–Crippen LogP) is 2.45. The molecule has 0 atom stereocenters. The molecule has 0 aliphatic rings. The third-order valence-electron chi connectivity index (χ3n) is 2.95. The molecule has 6 nitrogen and oxygen atoms in total. The molecule has 0 unspecified atom stereocenters. The van der Waals surface area contributed by atoms with E-state index in [0.717, 1.165) is 5.56 Å². The summed E-state index contributed by atoms with van der Waals surface area (Å²) >= 11 is 0. The van der Waals surface area contributed by atoms with Crippen molar-refractivity contribution in [2.24, 2.45) is 0 Å². The number of carbonyl (C=O) groups is 2. The molecule has 0 heterocycles. The lowest BCUT2D eigenvalue weighted by Gasteiger charge is -2.04. The zero-order chi connectivity index (χ0) is 15.9. The number of carbonyl (C=O) groups excluding carboxylic acids is 2. The summed E-state index contributed by atoms with van der Waals surface area (Å²) in [6.45, 7) is 0.0334. The van der Waals surface area contributed by atoms with E-state index in [0.29, 0.717) is 5.56 Å². The van der Waals surface area contributed by atoms with Gasteiger partial charge in [0.2, 0.25) is 5.78 Å². The average Bonchev–Trinajstić information content (AvgIpc) is 2.54. The zero-order valence-electron chi connectivity index (χ0n) is 11.6. The lowest BCUT2D eigenvalue weighted by molar-refractivity contribution is -0.384. The second-order valence-electron chi connectivity index (χ2n) is 4.59. The van der Waals surface area contributed by atoms with E-state index >= 15 is 0 Å². The summed E-state index contributed by atoms with van der Waals surface area (Å²) in [7, 11) is 0. The van der Waals surface area contributed by atoms with E-state index in [-0.39, 0.29) is 18.7 Å². The molecule has 0 saturated heterocycles. The molecule has 0 spiro atoms. The van der Waals surface area contributed by atoms with Crippen LogP contribution in [0.3, 0.4) is 0 Å². The molecule has 0 bridgehead atoms. The number of rotatable bonds is 6. The summed E-state index contributed by atoms with van der Waals surface area (Å²) < 4.78 is 4.93. The Kier molecular flexibility index (Phi) is 4.98. The maximum absolute atomic E-state index is 11.7. The number of benzene rings is 2. The molecule has 0 saturated carbocycles. The summed E-state index contributed by atoms with van der Waals surface area (Å²) in [6, 6.07) is 14.5. The highest BCUT2D eigenvalue weighted by molar-refractivity contribution is 6.34. The Morgan fingerprint density at radius 3 is 2.18 bits per heavy atom. The first-order valence-electron chi connectivity index (χ1n) is 6.53. The third kappa shape index (κ3) is 4.24. The van der Waals surface area contributed by atoms with Crippen molar-refractivity contribution in [1.82, 2.24) is 0 Å². The molecule has 6 heteroatoms. The number of hydrogen-bond donors (Lipinski definition) is 0. The molecule has 0 fully saturated rings. The average molecular weight is 299 g/mol. The van der Waals surface area contributed by atoms with Crippen molar-refractivity contribution in [2.75, 3.05) is 0 Å². The van der Waals surface area contributed by atoms with E-state index in [2.05, 4.69) is 0 Å². The number of Topliss-reactive ketones (excluding diaryl/α,β-unsaturated/α-hetero) is 1. The Balaban J connectivity index is 1.88. The van der Waals surface area contributed by atoms with Gasteiger partial charge in [0, 0.05) is 18.6 Å². The van der Waals surface area contributed by atoms with Crippen LogP contribution >= 0.6 is 0 Å². The van der Waals surface area contributed by atoms with Gasteiger partial charge in [0.1, 0.15) is 6.61 Å². The van der Waals surface area contributed by atoms with Crippen molar-refractivity contribution in [2.45, 2.75) is 13.0 Å². The second-order valence-corrected chi connectivity index (χ2v) is 4.59. The van der Waals surface area contributed by atoms with Gasteiger partial charge in [-0.05, 0) is 11.1 Å². The Morgan fingerprint density at radius 1 is 0.955 bits per heavy atom. The monoisotopic (exact) mass is 299 g/mol. The van der Waals surface area contributed by atoms with Crippen molar-refractivity contribution in [3.05, 3.63) is 75.8 Å². The molecule has 0 aromatic heterocycles. The highest BCUT2D eigenvalue weighted by atomic mass is 16.6. The molecule has 0 amide bonds. The number of hydrogen-bond acceptors (Lipinski definition) is 5. The van der Waals surface area contributed by atoms with Crippen molar-refractivity contribution in [1.29, 1.82) is 0 Å². The molecule has 112 valence electrons. The molecule has 0 aliphatic heterocycles. The topological polar surface area (TPSA) is 86.5 Å². The molecule has 2 aromatic rings. The summed E-state index contributed by atoms with van der Waals surface area (Å²) in [6.07, 6.45) is -0.147. The lowest BCUT2D eigenvalue weighted by Crippen LogP contribution is -2.19. The van der Waals surface area contributed by atoms with Crippen molar-refractivity contribution >= 4 is 17.4 Å². The molecule has 2 aromatic carbocycles. The van der Waals surface area contributed by atoms with Crippen molar-refractivity contribution in [3.8, 4) is 0 Å². The van der Waals surface area contributed by atoms with Crippen LogP contribution in [-0.4, -0.2) is 16.7 Å². The highest BCUT2D eigenvalue weighted by Crippen LogP contribution is 2.12. The van der Waals surface area contributed by atoms with Crippen LogP contribution in [0.4, 0.5) is 5.69 Å². The van der Waals surface area contributed by atoms with Gasteiger partial charge in [-0.2, -0.15) is 0 Å². The van der Waals surface area contributed by atoms with Crippen LogP contribution < -0.4 is 0 Å². The molecular formula is C16H13NO5. The van der Waals surface area contributed by atoms with Gasteiger partial charge in [0.25, 0.3) is 5.69 Å². The molecule has 0 N–H and O–H groups in total. The number of nitro benzene ring substituents is 1. The number of non-ortho nitro benzene ring substituents is 1. The van der Waals surface area contributed by atoms with Gasteiger partial charge in [0.15, 0.2) is 0 Å². The van der Waals surface area contributed by atoms with E-state index in [1.807, 2.05) is 18.2 Å². The Morgan fingerprint density at radius 2 is 1.59 bits per heavy atom. The largest absolute Gasteiger partial charge is 0.455 e. The van der Waals surface area contributed by atoms with Gasteiger partial charge < -0.3 is 4.74 Å². The molecular weight excluding hydrogens is 286 g/mol. The maximum atomic E-state index is 11.7. The molecule has 22 heavy (non-hydrogen) atoms. The fraction of sp³-hybridized carbons (Fsp3) is 0.125. The Bertz CT molecular complexity index is 679. The Labute approximate surface area is 126 Å². The van der Waals surface area contributed by atoms with Gasteiger partial charge in [-0.3, -0.25) is 14.9 Å². The van der Waals surface area contributed by atoms with Gasteiger partial charge in [-0.25, -0.2) is 4.79 Å². The minimum Gasteiger partial charge on any atom is -0.455 e. The number of ether oxygens (including phenoxy) is 1. The van der Waals surface area contributed by atoms with Crippen LogP contribution in [-0.2, 0) is 27.4 Å². The first-order valence-corrected chi connectivity index (χ1v) is 6.53. The zero-order valence-corrected chi connectivity index (χ0v) is 11.6. The first-order chi connectivity index (χ1) is 10.6. The Hall–Kier alpha value is -3.02. The minimum atomic E-state index is -0.915. The second kappa shape index (κ2) is 7.12. The number of nitrogens with zero attached hydrogens (tertiary/aromatic N) is 1. The predicted molar refractivity (Wildman–Crippen MR) is 78.0 cm³/mol. The van der Waals surface area contributed by atoms with Gasteiger partial charge in [0.05, 0.1) is 4.92 Å². The van der Waals surface area contributed by atoms with Crippen LogP contribution in [0.15, 0.2) is 54.6 Å². The fourth-order valence-corrected chi connectivity index (χ4v) is 1.80. The van der Waals surface area contributed by atoms with Crippen molar-refractivity contribution in [3.63, 3.8) is 0 Å². The van der Waals surface area contributed by atoms with Crippen LogP contribution in [0.25, 0.3) is 0 Å². The number of esters is 1. The normalized spacial score (nSPS) is 10.0. The summed E-state index contributed by atoms with van der Waals surface area (Å²) in [5.41, 5.74) is 1.24. The van der Waals surface area contributed by atoms with Gasteiger partial charge >= 0.3 is 5.97 Å². The molecule has 0 aliphatic carbocycles. The van der Waals surface area contributed by atoms with Gasteiger partial charge in [-0.15, -0.1) is 0 Å². The third-order valence-corrected chi connectivity index (χ3v) is 2.95. The molecule has 2 rings (SSSR count). The van der Waals surface area contributed by atoms with Crippen LogP contribution in [0.1, 0.15) is 11.1 Å². The molecule has 0 radical (unpaired) electrons.